The predicted molar refractivity (Wildman–Crippen MR) is 92.3 cm³/mol. The number of hydrogen-bond donors (Lipinski definition) is 1. The van der Waals surface area contributed by atoms with Crippen LogP contribution < -0.4 is 10.6 Å². The average molecular weight is 335 g/mol. The van der Waals surface area contributed by atoms with Crippen LogP contribution in [0.15, 0.2) is 48.5 Å². The van der Waals surface area contributed by atoms with Gasteiger partial charge in [-0.25, -0.2) is 4.39 Å². The zero-order valence-corrected chi connectivity index (χ0v) is 13.6. The summed E-state index contributed by atoms with van der Waals surface area (Å²) < 4.78 is 13.3. The standard InChI is InChI=1S/C18H19FN2O.ClH/c19-15-8-9-17-14(11-15)7-4-10-21(17)18(22)12-16(20)13-5-2-1-3-6-13;/h1-3,5-6,8-9,11,16H,4,7,10,12,20H2;1H. The quantitative estimate of drug-likeness (QED) is 0.932. The number of anilines is 1. The summed E-state index contributed by atoms with van der Waals surface area (Å²) in [6.45, 7) is 0.666. The first-order valence-electron chi connectivity index (χ1n) is 7.54. The van der Waals surface area contributed by atoms with E-state index < -0.39 is 0 Å². The number of carbonyl (C=O) groups excluding carboxylic acids is 1. The maximum absolute atomic E-state index is 13.3. The SMILES string of the molecule is Cl.NC(CC(=O)N1CCCc2cc(F)ccc21)c1ccccc1. The van der Waals surface area contributed by atoms with Crippen molar-refractivity contribution in [3.63, 3.8) is 0 Å². The first kappa shape index (κ1) is 17.4. The molecule has 2 aromatic carbocycles. The third-order valence-corrected chi connectivity index (χ3v) is 4.08. The van der Waals surface area contributed by atoms with Gasteiger partial charge in [0.25, 0.3) is 0 Å². The summed E-state index contributed by atoms with van der Waals surface area (Å²) in [5.41, 5.74) is 8.80. The van der Waals surface area contributed by atoms with Crippen molar-refractivity contribution in [2.75, 3.05) is 11.4 Å². The first-order valence-corrected chi connectivity index (χ1v) is 7.54. The minimum atomic E-state index is -0.320. The molecule has 1 aliphatic rings. The van der Waals surface area contributed by atoms with Gasteiger partial charge >= 0.3 is 0 Å². The number of aryl methyl sites for hydroxylation is 1. The molecule has 0 spiro atoms. The van der Waals surface area contributed by atoms with Gasteiger partial charge in [0, 0.05) is 24.7 Å². The van der Waals surface area contributed by atoms with E-state index >= 15 is 0 Å². The van der Waals surface area contributed by atoms with Gasteiger partial charge in [-0.05, 0) is 42.2 Å². The van der Waals surface area contributed by atoms with Crippen LogP contribution in [0, 0.1) is 5.82 Å². The van der Waals surface area contributed by atoms with E-state index in [2.05, 4.69) is 0 Å². The Morgan fingerprint density at radius 2 is 1.96 bits per heavy atom. The van der Waals surface area contributed by atoms with Crippen molar-refractivity contribution < 1.29 is 9.18 Å². The van der Waals surface area contributed by atoms with Crippen molar-refractivity contribution in [2.24, 2.45) is 5.73 Å². The number of nitrogens with two attached hydrogens (primary N) is 1. The van der Waals surface area contributed by atoms with Gasteiger partial charge in [-0.2, -0.15) is 0 Å². The summed E-state index contributed by atoms with van der Waals surface area (Å²) in [4.78, 5) is 14.3. The van der Waals surface area contributed by atoms with Crippen LogP contribution >= 0.6 is 12.4 Å². The van der Waals surface area contributed by atoms with E-state index in [9.17, 15) is 9.18 Å². The molecule has 3 rings (SSSR count). The molecule has 0 aliphatic carbocycles. The van der Waals surface area contributed by atoms with Crippen LogP contribution in [0.25, 0.3) is 0 Å². The molecule has 0 aromatic heterocycles. The van der Waals surface area contributed by atoms with Crippen LogP contribution in [0.4, 0.5) is 10.1 Å². The largest absolute Gasteiger partial charge is 0.324 e. The van der Waals surface area contributed by atoms with Gasteiger partial charge in [-0.1, -0.05) is 30.3 Å². The van der Waals surface area contributed by atoms with Gasteiger partial charge in [0.15, 0.2) is 0 Å². The zero-order chi connectivity index (χ0) is 15.5. The average Bonchev–Trinajstić information content (AvgIpc) is 2.54. The van der Waals surface area contributed by atoms with Gasteiger partial charge in [-0.15, -0.1) is 12.4 Å². The lowest BCUT2D eigenvalue weighted by molar-refractivity contribution is -0.119. The Morgan fingerprint density at radius 1 is 1.22 bits per heavy atom. The Kier molecular flexibility index (Phi) is 5.74. The fourth-order valence-electron chi connectivity index (χ4n) is 2.94. The molecule has 122 valence electrons. The minimum absolute atomic E-state index is 0. The molecule has 1 amide bonds. The number of halogens is 2. The maximum Gasteiger partial charge on any atom is 0.228 e. The molecule has 1 unspecified atom stereocenters. The van der Waals surface area contributed by atoms with E-state index in [1.165, 1.54) is 12.1 Å². The summed E-state index contributed by atoms with van der Waals surface area (Å²) in [6, 6.07) is 13.9. The molecule has 1 heterocycles. The van der Waals surface area contributed by atoms with Gasteiger partial charge in [0.2, 0.25) is 5.91 Å². The normalized spacial score (nSPS) is 14.6. The second-order valence-corrected chi connectivity index (χ2v) is 5.64. The fraction of sp³-hybridized carbons (Fsp3) is 0.278. The van der Waals surface area contributed by atoms with Crippen LogP contribution in [-0.4, -0.2) is 12.5 Å². The first-order chi connectivity index (χ1) is 10.6. The summed E-state index contributed by atoms with van der Waals surface area (Å²) in [5, 5.41) is 0. The second-order valence-electron chi connectivity index (χ2n) is 5.64. The number of carbonyl (C=O) groups is 1. The summed E-state index contributed by atoms with van der Waals surface area (Å²) in [6.07, 6.45) is 1.91. The zero-order valence-electron chi connectivity index (χ0n) is 12.7. The molecule has 1 aliphatic heterocycles. The van der Waals surface area contributed by atoms with Crippen LogP contribution in [0.2, 0.25) is 0 Å². The molecule has 3 nitrogen and oxygen atoms in total. The monoisotopic (exact) mass is 334 g/mol. The Balaban J connectivity index is 0.00000192. The summed E-state index contributed by atoms with van der Waals surface area (Å²) >= 11 is 0. The molecule has 0 bridgehead atoms. The van der Waals surface area contributed by atoms with Crippen molar-refractivity contribution in [1.82, 2.24) is 0 Å². The van der Waals surface area contributed by atoms with E-state index in [1.807, 2.05) is 30.3 Å². The topological polar surface area (TPSA) is 46.3 Å². The molecule has 0 radical (unpaired) electrons. The Morgan fingerprint density at radius 3 is 2.70 bits per heavy atom. The Bertz CT molecular complexity index is 678. The third kappa shape index (κ3) is 3.89. The lowest BCUT2D eigenvalue weighted by atomic mass is 9.99. The highest BCUT2D eigenvalue weighted by Crippen LogP contribution is 2.29. The van der Waals surface area contributed by atoms with Crippen molar-refractivity contribution in [3.05, 3.63) is 65.5 Å². The molecular formula is C18H20ClFN2O. The lowest BCUT2D eigenvalue weighted by Gasteiger charge is -2.30. The van der Waals surface area contributed by atoms with Crippen molar-refractivity contribution >= 4 is 24.0 Å². The van der Waals surface area contributed by atoms with E-state index in [-0.39, 0.29) is 36.6 Å². The highest BCUT2D eigenvalue weighted by Gasteiger charge is 2.24. The lowest BCUT2D eigenvalue weighted by Crippen LogP contribution is -2.37. The van der Waals surface area contributed by atoms with Crippen molar-refractivity contribution in [3.8, 4) is 0 Å². The molecular weight excluding hydrogens is 315 g/mol. The van der Waals surface area contributed by atoms with E-state index in [0.717, 1.165) is 29.7 Å². The molecule has 0 fully saturated rings. The molecule has 2 aromatic rings. The minimum Gasteiger partial charge on any atom is -0.324 e. The van der Waals surface area contributed by atoms with Crippen LogP contribution in [0.5, 0.6) is 0 Å². The summed E-state index contributed by atoms with van der Waals surface area (Å²) in [5.74, 6) is -0.266. The van der Waals surface area contributed by atoms with Gasteiger partial charge in [0.05, 0.1) is 0 Å². The molecule has 1 atom stereocenters. The number of nitrogens with zero attached hydrogens (tertiary/aromatic N) is 1. The van der Waals surface area contributed by atoms with E-state index in [0.29, 0.717) is 6.54 Å². The summed E-state index contributed by atoms with van der Waals surface area (Å²) in [7, 11) is 0. The third-order valence-electron chi connectivity index (χ3n) is 4.08. The number of fused-ring (bicyclic) bond motifs is 1. The fourth-order valence-corrected chi connectivity index (χ4v) is 2.94. The molecule has 0 saturated heterocycles. The van der Waals surface area contributed by atoms with E-state index in [1.54, 1.807) is 11.0 Å². The van der Waals surface area contributed by atoms with Crippen LogP contribution in [0.1, 0.15) is 30.0 Å². The highest BCUT2D eigenvalue weighted by atomic mass is 35.5. The second kappa shape index (κ2) is 7.57. The number of hydrogen-bond acceptors (Lipinski definition) is 2. The number of rotatable bonds is 3. The van der Waals surface area contributed by atoms with Crippen LogP contribution in [-0.2, 0) is 11.2 Å². The predicted octanol–water partition coefficient (Wildman–Crippen LogP) is 3.62. The Hall–Kier alpha value is -1.91. The van der Waals surface area contributed by atoms with Gasteiger partial charge in [-0.3, -0.25) is 4.79 Å². The van der Waals surface area contributed by atoms with Crippen LogP contribution in [0.3, 0.4) is 0 Å². The molecule has 2 N–H and O–H groups in total. The molecule has 5 heteroatoms. The van der Waals surface area contributed by atoms with Crippen molar-refractivity contribution in [2.45, 2.75) is 25.3 Å². The highest BCUT2D eigenvalue weighted by molar-refractivity contribution is 5.95. The van der Waals surface area contributed by atoms with Gasteiger partial charge < -0.3 is 10.6 Å². The maximum atomic E-state index is 13.3. The number of amides is 1. The molecule has 0 saturated carbocycles. The number of benzene rings is 2. The smallest absolute Gasteiger partial charge is 0.228 e. The van der Waals surface area contributed by atoms with Crippen molar-refractivity contribution in [1.29, 1.82) is 0 Å². The van der Waals surface area contributed by atoms with Gasteiger partial charge in [0.1, 0.15) is 5.82 Å². The Labute approximate surface area is 141 Å². The molecule has 23 heavy (non-hydrogen) atoms. The van der Waals surface area contributed by atoms with E-state index in [4.69, 9.17) is 5.73 Å².